The van der Waals surface area contributed by atoms with Crippen LogP contribution >= 0.6 is 0 Å². The molecular weight excluding hydrogens is 242 g/mol. The average molecular weight is 267 g/mol. The third-order valence-electron chi connectivity index (χ3n) is 3.25. The molecule has 0 saturated heterocycles. The molecule has 1 aromatic carbocycles. The van der Waals surface area contributed by atoms with E-state index in [4.69, 9.17) is 9.47 Å². The lowest BCUT2D eigenvalue weighted by Crippen LogP contribution is -2.43. The number of methoxy groups -OCH3 is 2. The van der Waals surface area contributed by atoms with Crippen molar-refractivity contribution in [3.8, 4) is 11.5 Å². The van der Waals surface area contributed by atoms with Crippen LogP contribution in [-0.4, -0.2) is 38.0 Å². The van der Waals surface area contributed by atoms with Gasteiger partial charge in [-0.1, -0.05) is 6.07 Å². The zero-order valence-electron chi connectivity index (χ0n) is 12.5. The van der Waals surface area contributed by atoms with Crippen molar-refractivity contribution in [2.24, 2.45) is 0 Å². The van der Waals surface area contributed by atoms with Gasteiger partial charge in [0.25, 0.3) is 0 Å². The molecule has 0 amide bonds. The van der Waals surface area contributed by atoms with Crippen LogP contribution in [0.4, 0.5) is 0 Å². The van der Waals surface area contributed by atoms with E-state index in [0.717, 1.165) is 35.6 Å². The Morgan fingerprint density at radius 1 is 1.21 bits per heavy atom. The van der Waals surface area contributed by atoms with E-state index in [2.05, 4.69) is 5.32 Å². The van der Waals surface area contributed by atoms with Crippen LogP contribution in [0.25, 0.3) is 0 Å². The number of rotatable bonds is 7. The fourth-order valence-corrected chi connectivity index (χ4v) is 2.02. The van der Waals surface area contributed by atoms with Crippen molar-refractivity contribution in [2.45, 2.75) is 32.7 Å². The van der Waals surface area contributed by atoms with E-state index >= 15 is 0 Å². The van der Waals surface area contributed by atoms with Crippen LogP contribution in [0.1, 0.15) is 25.0 Å². The Bertz CT molecular complexity index is 416. The van der Waals surface area contributed by atoms with Crippen molar-refractivity contribution in [3.63, 3.8) is 0 Å². The Balaban J connectivity index is 2.76. The number of hydrogen-bond donors (Lipinski definition) is 2. The smallest absolute Gasteiger partial charge is 0.128 e. The number of ether oxygens (including phenoxy) is 2. The molecule has 1 aromatic rings. The summed E-state index contributed by atoms with van der Waals surface area (Å²) in [6.07, 6.45) is 0.845. The van der Waals surface area contributed by atoms with Gasteiger partial charge in [-0.3, -0.25) is 0 Å². The van der Waals surface area contributed by atoms with E-state index in [1.165, 1.54) is 0 Å². The van der Waals surface area contributed by atoms with Crippen molar-refractivity contribution < 1.29 is 14.6 Å². The molecule has 0 aliphatic carbocycles. The van der Waals surface area contributed by atoms with Crippen LogP contribution in [0, 0.1) is 6.92 Å². The van der Waals surface area contributed by atoms with E-state index in [-0.39, 0.29) is 12.1 Å². The summed E-state index contributed by atoms with van der Waals surface area (Å²) in [5.41, 5.74) is 1.90. The maximum absolute atomic E-state index is 9.20. The molecule has 0 saturated carbocycles. The van der Waals surface area contributed by atoms with Crippen molar-refractivity contribution in [2.75, 3.05) is 27.4 Å². The first-order valence-electron chi connectivity index (χ1n) is 6.51. The monoisotopic (exact) mass is 267 g/mol. The van der Waals surface area contributed by atoms with Crippen molar-refractivity contribution in [1.29, 1.82) is 0 Å². The maximum atomic E-state index is 9.20. The minimum Gasteiger partial charge on any atom is -0.496 e. The highest BCUT2D eigenvalue weighted by Crippen LogP contribution is 2.31. The predicted molar refractivity (Wildman–Crippen MR) is 77.2 cm³/mol. The minimum absolute atomic E-state index is 0.117. The minimum atomic E-state index is -0.255. The summed E-state index contributed by atoms with van der Waals surface area (Å²) in [5, 5.41) is 12.5. The molecule has 0 bridgehead atoms. The molecule has 0 atom stereocenters. The number of nitrogens with one attached hydrogen (secondary N) is 1. The molecule has 0 spiro atoms. The van der Waals surface area contributed by atoms with Gasteiger partial charge in [0.15, 0.2) is 0 Å². The van der Waals surface area contributed by atoms with Gasteiger partial charge < -0.3 is 19.9 Å². The summed E-state index contributed by atoms with van der Waals surface area (Å²) in [5.74, 6) is 1.72. The molecule has 108 valence electrons. The molecule has 4 heteroatoms. The van der Waals surface area contributed by atoms with Crippen LogP contribution in [0.5, 0.6) is 11.5 Å². The predicted octanol–water partition coefficient (Wildman–Crippen LogP) is 1.92. The van der Waals surface area contributed by atoms with Gasteiger partial charge in [0.2, 0.25) is 0 Å². The van der Waals surface area contributed by atoms with Gasteiger partial charge in [0, 0.05) is 11.1 Å². The van der Waals surface area contributed by atoms with E-state index in [1.807, 2.05) is 32.9 Å². The first-order chi connectivity index (χ1) is 8.95. The summed E-state index contributed by atoms with van der Waals surface area (Å²) >= 11 is 0. The van der Waals surface area contributed by atoms with Gasteiger partial charge in [-0.2, -0.15) is 0 Å². The van der Waals surface area contributed by atoms with Crippen molar-refractivity contribution in [1.82, 2.24) is 5.32 Å². The first-order valence-corrected chi connectivity index (χ1v) is 6.51. The SMILES string of the molecule is COc1ccc(CCNC(C)(C)CO)c(OC)c1C. The Labute approximate surface area is 115 Å². The van der Waals surface area contributed by atoms with Gasteiger partial charge in [0.05, 0.1) is 20.8 Å². The van der Waals surface area contributed by atoms with Gasteiger partial charge in [-0.15, -0.1) is 0 Å². The van der Waals surface area contributed by atoms with Gasteiger partial charge in [-0.25, -0.2) is 0 Å². The molecule has 0 aliphatic heterocycles. The third kappa shape index (κ3) is 4.11. The Hall–Kier alpha value is -1.26. The van der Waals surface area contributed by atoms with Gasteiger partial charge in [0.1, 0.15) is 11.5 Å². The largest absolute Gasteiger partial charge is 0.496 e. The van der Waals surface area contributed by atoms with Gasteiger partial charge in [-0.05, 0) is 45.4 Å². The van der Waals surface area contributed by atoms with E-state index in [1.54, 1.807) is 14.2 Å². The average Bonchev–Trinajstić information content (AvgIpc) is 2.39. The normalized spacial score (nSPS) is 11.5. The summed E-state index contributed by atoms with van der Waals surface area (Å²) in [6, 6.07) is 3.99. The molecule has 0 aliphatic rings. The molecule has 1 rings (SSSR count). The lowest BCUT2D eigenvalue weighted by atomic mass is 10.0. The lowest BCUT2D eigenvalue weighted by Gasteiger charge is -2.24. The second kappa shape index (κ2) is 6.78. The van der Waals surface area contributed by atoms with Crippen LogP contribution in [-0.2, 0) is 6.42 Å². The zero-order valence-corrected chi connectivity index (χ0v) is 12.5. The second-order valence-corrected chi connectivity index (χ2v) is 5.30. The zero-order chi connectivity index (χ0) is 14.5. The maximum Gasteiger partial charge on any atom is 0.128 e. The highest BCUT2D eigenvalue weighted by atomic mass is 16.5. The molecule has 0 fully saturated rings. The molecule has 0 unspecified atom stereocenters. The quantitative estimate of drug-likeness (QED) is 0.792. The number of aliphatic hydroxyl groups excluding tert-OH is 1. The van der Waals surface area contributed by atoms with Crippen LogP contribution in [0.2, 0.25) is 0 Å². The van der Waals surface area contributed by atoms with Gasteiger partial charge >= 0.3 is 0 Å². The van der Waals surface area contributed by atoms with Crippen LogP contribution in [0.3, 0.4) is 0 Å². The first kappa shape index (κ1) is 15.8. The van der Waals surface area contributed by atoms with E-state index < -0.39 is 0 Å². The molecular formula is C15H25NO3. The summed E-state index contributed by atoms with van der Waals surface area (Å²) in [6.45, 7) is 6.85. The molecule has 4 nitrogen and oxygen atoms in total. The van der Waals surface area contributed by atoms with Crippen LogP contribution in [0.15, 0.2) is 12.1 Å². The lowest BCUT2D eigenvalue weighted by molar-refractivity contribution is 0.189. The molecule has 19 heavy (non-hydrogen) atoms. The number of aliphatic hydroxyl groups is 1. The fourth-order valence-electron chi connectivity index (χ4n) is 2.02. The highest BCUT2D eigenvalue weighted by molar-refractivity contribution is 5.49. The molecule has 2 N–H and O–H groups in total. The van der Waals surface area contributed by atoms with Crippen molar-refractivity contribution >= 4 is 0 Å². The standard InChI is InChI=1S/C15H25NO3/c1-11-13(18-4)7-6-12(14(11)19-5)8-9-16-15(2,3)10-17/h6-7,16-17H,8-10H2,1-5H3. The molecule has 0 radical (unpaired) electrons. The number of hydrogen-bond acceptors (Lipinski definition) is 4. The molecule has 0 heterocycles. The highest BCUT2D eigenvalue weighted by Gasteiger charge is 2.16. The summed E-state index contributed by atoms with van der Waals surface area (Å²) in [4.78, 5) is 0. The number of benzene rings is 1. The summed E-state index contributed by atoms with van der Waals surface area (Å²) < 4.78 is 10.8. The van der Waals surface area contributed by atoms with Crippen molar-refractivity contribution in [3.05, 3.63) is 23.3 Å². The van der Waals surface area contributed by atoms with E-state index in [9.17, 15) is 5.11 Å². The Morgan fingerprint density at radius 3 is 2.42 bits per heavy atom. The van der Waals surface area contributed by atoms with E-state index in [0.29, 0.717) is 0 Å². The Kier molecular flexibility index (Phi) is 5.63. The topological polar surface area (TPSA) is 50.7 Å². The fraction of sp³-hybridized carbons (Fsp3) is 0.600. The Morgan fingerprint density at radius 2 is 1.89 bits per heavy atom. The molecule has 0 aromatic heterocycles. The second-order valence-electron chi connectivity index (χ2n) is 5.30. The third-order valence-corrected chi connectivity index (χ3v) is 3.25. The summed E-state index contributed by atoms with van der Waals surface area (Å²) in [7, 11) is 3.34. The van der Waals surface area contributed by atoms with Crippen LogP contribution < -0.4 is 14.8 Å².